The molecule has 0 fully saturated rings. The third-order valence-corrected chi connectivity index (χ3v) is 3.80. The molecule has 0 radical (unpaired) electrons. The number of nitrogens with two attached hydrogens (primary N) is 1. The second-order valence-electron chi connectivity index (χ2n) is 5.00. The van der Waals surface area contributed by atoms with E-state index in [1.54, 1.807) is 6.07 Å². The predicted octanol–water partition coefficient (Wildman–Crippen LogP) is 4.26. The molecule has 21 heavy (non-hydrogen) atoms. The van der Waals surface area contributed by atoms with Crippen LogP contribution < -0.4 is 5.73 Å². The van der Waals surface area contributed by atoms with E-state index < -0.39 is 0 Å². The lowest BCUT2D eigenvalue weighted by Crippen LogP contribution is -2.30. The number of rotatable bonds is 5. The van der Waals surface area contributed by atoms with Gasteiger partial charge in [0.25, 0.3) is 0 Å². The second kappa shape index (κ2) is 7.23. The maximum atomic E-state index is 13.5. The molecule has 0 heterocycles. The molecule has 1 unspecified atom stereocenters. The van der Waals surface area contributed by atoms with Crippen LogP contribution in [0, 0.1) is 5.82 Å². The molecule has 0 aromatic heterocycles. The SMILES string of the molecule is CN(Cc1cccc(Cl)c1)C(CN)c1cc(F)cc(Cl)c1. The van der Waals surface area contributed by atoms with Crippen LogP contribution >= 0.6 is 23.2 Å². The summed E-state index contributed by atoms with van der Waals surface area (Å²) in [4.78, 5) is 2.05. The van der Waals surface area contributed by atoms with Crippen molar-refractivity contribution in [1.82, 2.24) is 4.90 Å². The van der Waals surface area contributed by atoms with Crippen LogP contribution in [0.4, 0.5) is 4.39 Å². The van der Waals surface area contributed by atoms with E-state index in [4.69, 9.17) is 28.9 Å². The minimum atomic E-state index is -0.355. The summed E-state index contributed by atoms with van der Waals surface area (Å²) in [6.45, 7) is 1.04. The van der Waals surface area contributed by atoms with Crippen LogP contribution in [0.15, 0.2) is 42.5 Å². The smallest absolute Gasteiger partial charge is 0.125 e. The fourth-order valence-corrected chi connectivity index (χ4v) is 2.81. The summed E-state index contributed by atoms with van der Waals surface area (Å²) in [6.07, 6.45) is 0. The van der Waals surface area contributed by atoms with Gasteiger partial charge in [0.05, 0.1) is 0 Å². The molecule has 2 aromatic carbocycles. The van der Waals surface area contributed by atoms with Gasteiger partial charge in [-0.1, -0.05) is 35.3 Å². The normalized spacial score (nSPS) is 12.7. The molecule has 1 atom stereocenters. The van der Waals surface area contributed by atoms with Crippen molar-refractivity contribution in [3.63, 3.8) is 0 Å². The molecule has 2 rings (SSSR count). The molecule has 112 valence electrons. The van der Waals surface area contributed by atoms with Crippen molar-refractivity contribution in [2.45, 2.75) is 12.6 Å². The second-order valence-corrected chi connectivity index (χ2v) is 5.87. The van der Waals surface area contributed by atoms with Gasteiger partial charge >= 0.3 is 0 Å². The van der Waals surface area contributed by atoms with Crippen molar-refractivity contribution in [2.75, 3.05) is 13.6 Å². The highest BCUT2D eigenvalue weighted by Crippen LogP contribution is 2.25. The number of nitrogens with zero attached hydrogens (tertiary/aromatic N) is 1. The first-order chi connectivity index (χ1) is 9.99. The number of likely N-dealkylation sites (N-methyl/N-ethyl adjacent to an activating group) is 1. The molecule has 0 bridgehead atoms. The Hall–Kier alpha value is -1.13. The zero-order valence-corrected chi connectivity index (χ0v) is 13.2. The van der Waals surface area contributed by atoms with E-state index in [1.807, 2.05) is 31.3 Å². The van der Waals surface area contributed by atoms with E-state index in [0.29, 0.717) is 23.1 Å². The Balaban J connectivity index is 2.20. The maximum absolute atomic E-state index is 13.5. The average Bonchev–Trinajstić information content (AvgIpc) is 2.38. The van der Waals surface area contributed by atoms with E-state index in [2.05, 4.69) is 4.90 Å². The summed E-state index contributed by atoms with van der Waals surface area (Å²) < 4.78 is 13.5. The van der Waals surface area contributed by atoms with Gasteiger partial charge in [0, 0.05) is 29.2 Å². The molecule has 0 spiro atoms. The molecule has 2 nitrogen and oxygen atoms in total. The lowest BCUT2D eigenvalue weighted by molar-refractivity contribution is 0.241. The quantitative estimate of drug-likeness (QED) is 0.889. The fraction of sp³-hybridized carbons (Fsp3) is 0.250. The molecule has 0 aliphatic rings. The van der Waals surface area contributed by atoms with Crippen molar-refractivity contribution in [2.24, 2.45) is 5.73 Å². The fourth-order valence-electron chi connectivity index (χ4n) is 2.37. The van der Waals surface area contributed by atoms with Crippen molar-refractivity contribution in [1.29, 1.82) is 0 Å². The Kier molecular flexibility index (Phi) is 5.59. The van der Waals surface area contributed by atoms with Crippen LogP contribution in [0.3, 0.4) is 0 Å². The summed E-state index contributed by atoms with van der Waals surface area (Å²) in [6, 6.07) is 12.0. The van der Waals surface area contributed by atoms with Crippen molar-refractivity contribution in [3.8, 4) is 0 Å². The zero-order chi connectivity index (χ0) is 15.4. The molecule has 2 aromatic rings. The van der Waals surface area contributed by atoms with Crippen molar-refractivity contribution < 1.29 is 4.39 Å². The summed E-state index contributed by atoms with van der Waals surface area (Å²) in [5, 5.41) is 1.07. The Labute approximate surface area is 134 Å². The number of hydrogen-bond donors (Lipinski definition) is 1. The molecule has 2 N–H and O–H groups in total. The molecule has 0 aliphatic heterocycles. The first-order valence-electron chi connectivity index (χ1n) is 6.60. The largest absolute Gasteiger partial charge is 0.329 e. The van der Waals surface area contributed by atoms with E-state index in [-0.39, 0.29) is 11.9 Å². The minimum Gasteiger partial charge on any atom is -0.329 e. The monoisotopic (exact) mass is 326 g/mol. The van der Waals surface area contributed by atoms with Crippen LogP contribution in [0.5, 0.6) is 0 Å². The van der Waals surface area contributed by atoms with Gasteiger partial charge in [-0.15, -0.1) is 0 Å². The van der Waals surface area contributed by atoms with Gasteiger partial charge in [-0.3, -0.25) is 4.90 Å². The third-order valence-electron chi connectivity index (χ3n) is 3.35. The van der Waals surface area contributed by atoms with Crippen molar-refractivity contribution in [3.05, 3.63) is 69.5 Å². The van der Waals surface area contributed by atoms with Crippen LogP contribution in [0.25, 0.3) is 0 Å². The first kappa shape index (κ1) is 16.2. The Morgan fingerprint density at radius 1 is 1.14 bits per heavy atom. The average molecular weight is 327 g/mol. The highest BCUT2D eigenvalue weighted by Gasteiger charge is 2.17. The Morgan fingerprint density at radius 3 is 2.52 bits per heavy atom. The summed E-state index contributed by atoms with van der Waals surface area (Å²) in [5.41, 5.74) is 7.70. The molecule has 0 saturated heterocycles. The number of benzene rings is 2. The van der Waals surface area contributed by atoms with Gasteiger partial charge in [0.2, 0.25) is 0 Å². The van der Waals surface area contributed by atoms with Gasteiger partial charge < -0.3 is 5.73 Å². The van der Waals surface area contributed by atoms with Crippen LogP contribution in [-0.4, -0.2) is 18.5 Å². The Bertz CT molecular complexity index is 599. The van der Waals surface area contributed by atoms with Gasteiger partial charge in [-0.2, -0.15) is 0 Å². The highest BCUT2D eigenvalue weighted by molar-refractivity contribution is 6.30. The summed E-state index contributed by atoms with van der Waals surface area (Å²) >= 11 is 11.9. The van der Waals surface area contributed by atoms with Crippen LogP contribution in [0.2, 0.25) is 10.0 Å². The molecule has 0 amide bonds. The van der Waals surface area contributed by atoms with Gasteiger partial charge in [-0.25, -0.2) is 4.39 Å². The van der Waals surface area contributed by atoms with E-state index >= 15 is 0 Å². The van der Waals surface area contributed by atoms with E-state index in [9.17, 15) is 4.39 Å². The third kappa shape index (κ3) is 4.42. The zero-order valence-electron chi connectivity index (χ0n) is 11.7. The predicted molar refractivity (Wildman–Crippen MR) is 86.1 cm³/mol. The van der Waals surface area contributed by atoms with Crippen molar-refractivity contribution >= 4 is 23.2 Å². The van der Waals surface area contributed by atoms with Gasteiger partial charge in [0.15, 0.2) is 0 Å². The lowest BCUT2D eigenvalue weighted by atomic mass is 10.0. The molecular weight excluding hydrogens is 310 g/mol. The minimum absolute atomic E-state index is 0.114. The maximum Gasteiger partial charge on any atom is 0.125 e. The highest BCUT2D eigenvalue weighted by atomic mass is 35.5. The summed E-state index contributed by atoms with van der Waals surface area (Å²) in [5.74, 6) is -0.355. The number of hydrogen-bond acceptors (Lipinski definition) is 2. The van der Waals surface area contributed by atoms with Gasteiger partial charge in [-0.05, 0) is 48.5 Å². The molecular formula is C16H17Cl2FN2. The van der Waals surface area contributed by atoms with Gasteiger partial charge in [0.1, 0.15) is 5.82 Å². The van der Waals surface area contributed by atoms with E-state index in [0.717, 1.165) is 11.1 Å². The standard InChI is InChI=1S/C16H17Cl2FN2/c1-21(10-11-3-2-4-13(17)5-11)16(9-20)12-6-14(18)8-15(19)7-12/h2-8,16H,9-10,20H2,1H3. The molecule has 5 heteroatoms. The number of halogens is 3. The van der Waals surface area contributed by atoms with Crippen LogP contribution in [-0.2, 0) is 6.54 Å². The van der Waals surface area contributed by atoms with E-state index in [1.165, 1.54) is 12.1 Å². The summed E-state index contributed by atoms with van der Waals surface area (Å²) in [7, 11) is 1.94. The lowest BCUT2D eigenvalue weighted by Gasteiger charge is -2.27. The molecule has 0 aliphatic carbocycles. The topological polar surface area (TPSA) is 29.3 Å². The Morgan fingerprint density at radius 2 is 1.90 bits per heavy atom. The first-order valence-corrected chi connectivity index (χ1v) is 7.36. The van der Waals surface area contributed by atoms with Crippen LogP contribution in [0.1, 0.15) is 17.2 Å². The molecule has 0 saturated carbocycles.